The van der Waals surface area contributed by atoms with Gasteiger partial charge in [0.25, 0.3) is 11.8 Å². The van der Waals surface area contributed by atoms with Crippen LogP contribution in [0, 0.1) is 5.82 Å². The first kappa shape index (κ1) is 21.4. The molecule has 0 saturated carbocycles. The molecule has 0 aliphatic carbocycles. The van der Waals surface area contributed by atoms with Crippen LogP contribution in [0.5, 0.6) is 0 Å². The lowest BCUT2D eigenvalue weighted by atomic mass is 10.1. The molecule has 28 heavy (non-hydrogen) atoms. The van der Waals surface area contributed by atoms with E-state index in [1.807, 2.05) is 13.8 Å². The number of likely N-dealkylation sites (N-methyl/N-ethyl adjacent to an activating group) is 1. The maximum Gasteiger partial charge on any atom is 0.340 e. The molecule has 0 aliphatic heterocycles. The molecule has 8 heteroatoms. The van der Waals surface area contributed by atoms with Crippen molar-refractivity contribution < 1.29 is 23.5 Å². The number of esters is 1. The van der Waals surface area contributed by atoms with Gasteiger partial charge in [-0.1, -0.05) is 11.6 Å². The normalized spacial score (nSPS) is 10.3. The summed E-state index contributed by atoms with van der Waals surface area (Å²) < 4.78 is 18.1. The molecular weight excluding hydrogens is 387 g/mol. The molecule has 0 bridgehead atoms. The molecule has 0 fully saturated rings. The molecule has 0 aliphatic rings. The summed E-state index contributed by atoms with van der Waals surface area (Å²) in [5.74, 6) is -2.10. The molecule has 6 nitrogen and oxygen atoms in total. The van der Waals surface area contributed by atoms with Gasteiger partial charge in [0.05, 0.1) is 11.3 Å². The van der Waals surface area contributed by atoms with Gasteiger partial charge in [0.15, 0.2) is 6.61 Å². The summed E-state index contributed by atoms with van der Waals surface area (Å²) in [5, 5.41) is 2.86. The number of benzene rings is 2. The highest BCUT2D eigenvalue weighted by Crippen LogP contribution is 2.23. The molecule has 0 spiro atoms. The average Bonchev–Trinajstić information content (AvgIpc) is 2.67. The van der Waals surface area contributed by atoms with Crippen molar-refractivity contribution in [2.75, 3.05) is 25.0 Å². The number of rotatable bonds is 7. The summed E-state index contributed by atoms with van der Waals surface area (Å²) >= 11 is 5.96. The molecule has 0 heterocycles. The molecule has 0 unspecified atom stereocenters. The monoisotopic (exact) mass is 406 g/mol. The summed E-state index contributed by atoms with van der Waals surface area (Å²) in [6.45, 7) is 4.26. The summed E-state index contributed by atoms with van der Waals surface area (Å²) in [4.78, 5) is 38.3. The van der Waals surface area contributed by atoms with Crippen LogP contribution in [-0.2, 0) is 9.53 Å². The SMILES string of the molecule is CCN(CC)C(=O)COC(=O)c1ccc(Cl)cc1NC(=O)c1ccc(F)cc1. The zero-order valence-electron chi connectivity index (χ0n) is 15.5. The van der Waals surface area contributed by atoms with Crippen molar-refractivity contribution in [2.24, 2.45) is 0 Å². The van der Waals surface area contributed by atoms with Gasteiger partial charge in [-0.25, -0.2) is 9.18 Å². The smallest absolute Gasteiger partial charge is 0.340 e. The molecular formula is C20H20ClFN2O4. The minimum atomic E-state index is -0.772. The number of nitrogens with zero attached hydrogens (tertiary/aromatic N) is 1. The molecule has 0 atom stereocenters. The van der Waals surface area contributed by atoms with Gasteiger partial charge in [0.1, 0.15) is 5.82 Å². The minimum absolute atomic E-state index is 0.0483. The van der Waals surface area contributed by atoms with Crippen LogP contribution in [0.2, 0.25) is 5.02 Å². The fourth-order valence-corrected chi connectivity index (χ4v) is 2.64. The Kier molecular flexibility index (Phi) is 7.52. The third kappa shape index (κ3) is 5.53. The Hall–Kier alpha value is -2.93. The second-order valence-corrected chi connectivity index (χ2v) is 6.23. The molecule has 0 radical (unpaired) electrons. The van der Waals surface area contributed by atoms with Crippen molar-refractivity contribution >= 4 is 35.1 Å². The van der Waals surface area contributed by atoms with E-state index in [-0.39, 0.29) is 22.7 Å². The second-order valence-electron chi connectivity index (χ2n) is 5.79. The second kappa shape index (κ2) is 9.85. The first-order valence-corrected chi connectivity index (χ1v) is 9.04. The number of amides is 2. The number of hydrogen-bond donors (Lipinski definition) is 1. The van der Waals surface area contributed by atoms with E-state index in [0.717, 1.165) is 12.1 Å². The summed E-state index contributed by atoms with van der Waals surface area (Å²) in [6, 6.07) is 9.20. The van der Waals surface area contributed by atoms with E-state index in [1.165, 1.54) is 35.2 Å². The summed E-state index contributed by atoms with van der Waals surface area (Å²) in [6.07, 6.45) is 0. The van der Waals surface area contributed by atoms with Crippen LogP contribution in [0.1, 0.15) is 34.6 Å². The molecule has 2 rings (SSSR count). The maximum atomic E-state index is 13.0. The highest BCUT2D eigenvalue weighted by Gasteiger charge is 2.19. The number of anilines is 1. The van der Waals surface area contributed by atoms with Crippen LogP contribution in [0.15, 0.2) is 42.5 Å². The van der Waals surface area contributed by atoms with Crippen LogP contribution >= 0.6 is 11.6 Å². The predicted octanol–water partition coefficient (Wildman–Crippen LogP) is 3.76. The third-order valence-corrected chi connectivity index (χ3v) is 4.23. The van der Waals surface area contributed by atoms with Gasteiger partial charge in [-0.15, -0.1) is 0 Å². The van der Waals surface area contributed by atoms with Crippen molar-refractivity contribution in [2.45, 2.75) is 13.8 Å². The lowest BCUT2D eigenvalue weighted by Crippen LogP contribution is -2.34. The average molecular weight is 407 g/mol. The van der Waals surface area contributed by atoms with E-state index < -0.39 is 24.3 Å². The first-order valence-electron chi connectivity index (χ1n) is 8.67. The number of ether oxygens (including phenoxy) is 1. The molecule has 2 aromatic carbocycles. The van der Waals surface area contributed by atoms with Crippen molar-refractivity contribution in [3.63, 3.8) is 0 Å². The fourth-order valence-electron chi connectivity index (χ4n) is 2.47. The van der Waals surface area contributed by atoms with Gasteiger partial charge >= 0.3 is 5.97 Å². The van der Waals surface area contributed by atoms with E-state index in [2.05, 4.69) is 5.32 Å². The molecule has 2 amide bonds. The predicted molar refractivity (Wildman–Crippen MR) is 104 cm³/mol. The highest BCUT2D eigenvalue weighted by atomic mass is 35.5. The van der Waals surface area contributed by atoms with Crippen molar-refractivity contribution in [3.05, 3.63) is 64.4 Å². The fraction of sp³-hybridized carbons (Fsp3) is 0.250. The Morgan fingerprint density at radius 3 is 2.32 bits per heavy atom. The Bertz CT molecular complexity index is 867. The Morgan fingerprint density at radius 2 is 1.71 bits per heavy atom. The van der Waals surface area contributed by atoms with Crippen molar-refractivity contribution in [1.82, 2.24) is 4.90 Å². The Labute approximate surface area is 167 Å². The number of nitrogens with one attached hydrogen (secondary N) is 1. The molecule has 148 valence electrons. The van der Waals surface area contributed by atoms with Gasteiger partial charge in [-0.05, 0) is 56.3 Å². The number of carbonyl (C=O) groups excluding carboxylic acids is 3. The van der Waals surface area contributed by atoms with E-state index in [1.54, 1.807) is 0 Å². The van der Waals surface area contributed by atoms with Crippen molar-refractivity contribution in [3.8, 4) is 0 Å². The Morgan fingerprint density at radius 1 is 1.07 bits per heavy atom. The van der Waals surface area contributed by atoms with E-state index in [4.69, 9.17) is 16.3 Å². The molecule has 1 N–H and O–H groups in total. The topological polar surface area (TPSA) is 75.7 Å². The van der Waals surface area contributed by atoms with Crippen LogP contribution in [0.3, 0.4) is 0 Å². The van der Waals surface area contributed by atoms with Gasteiger partial charge in [-0.3, -0.25) is 9.59 Å². The summed E-state index contributed by atoms with van der Waals surface area (Å²) in [5.41, 5.74) is 0.381. The van der Waals surface area contributed by atoms with Gasteiger partial charge < -0.3 is 15.0 Å². The zero-order chi connectivity index (χ0) is 20.7. The minimum Gasteiger partial charge on any atom is -0.452 e. The van der Waals surface area contributed by atoms with Gasteiger partial charge in [0.2, 0.25) is 0 Å². The number of halogens is 2. The van der Waals surface area contributed by atoms with Gasteiger partial charge in [-0.2, -0.15) is 0 Å². The lowest BCUT2D eigenvalue weighted by Gasteiger charge is -2.18. The van der Waals surface area contributed by atoms with Crippen LogP contribution in [0.25, 0.3) is 0 Å². The van der Waals surface area contributed by atoms with Crippen LogP contribution in [-0.4, -0.2) is 42.4 Å². The van der Waals surface area contributed by atoms with Crippen LogP contribution in [0.4, 0.5) is 10.1 Å². The number of carbonyl (C=O) groups is 3. The molecule has 0 saturated heterocycles. The third-order valence-electron chi connectivity index (χ3n) is 4.00. The quantitative estimate of drug-likeness (QED) is 0.710. The molecule has 2 aromatic rings. The van der Waals surface area contributed by atoms with Crippen molar-refractivity contribution in [1.29, 1.82) is 0 Å². The maximum absolute atomic E-state index is 13.0. The lowest BCUT2D eigenvalue weighted by molar-refractivity contribution is -0.134. The number of hydrogen-bond acceptors (Lipinski definition) is 4. The largest absolute Gasteiger partial charge is 0.452 e. The standard InChI is InChI=1S/C20H20ClFN2O4/c1-3-24(4-2)18(25)12-28-20(27)16-10-7-14(21)11-17(16)23-19(26)13-5-8-15(22)9-6-13/h5-11H,3-4,12H2,1-2H3,(H,23,26). The van der Waals surface area contributed by atoms with E-state index in [0.29, 0.717) is 18.1 Å². The Balaban J connectivity index is 2.14. The highest BCUT2D eigenvalue weighted by molar-refractivity contribution is 6.31. The van der Waals surface area contributed by atoms with Gasteiger partial charge in [0, 0.05) is 23.7 Å². The molecule has 0 aromatic heterocycles. The van der Waals surface area contributed by atoms with Crippen LogP contribution < -0.4 is 5.32 Å². The van der Waals surface area contributed by atoms with E-state index >= 15 is 0 Å². The summed E-state index contributed by atoms with van der Waals surface area (Å²) in [7, 11) is 0. The van der Waals surface area contributed by atoms with E-state index in [9.17, 15) is 18.8 Å². The first-order chi connectivity index (χ1) is 13.3. The zero-order valence-corrected chi connectivity index (χ0v) is 16.3.